The molecular formula is C20H21N. The molecule has 3 rings (SSSR count). The van der Waals surface area contributed by atoms with Crippen LogP contribution in [0.15, 0.2) is 54.6 Å². The van der Waals surface area contributed by atoms with Gasteiger partial charge in [-0.1, -0.05) is 54.6 Å². The van der Waals surface area contributed by atoms with Crippen LogP contribution >= 0.6 is 0 Å². The van der Waals surface area contributed by atoms with Gasteiger partial charge in [0.1, 0.15) is 0 Å². The predicted molar refractivity (Wildman–Crippen MR) is 91.6 cm³/mol. The Bertz CT molecular complexity index is 773. The van der Waals surface area contributed by atoms with Crippen LogP contribution in [0.5, 0.6) is 0 Å². The van der Waals surface area contributed by atoms with Crippen molar-refractivity contribution in [2.45, 2.75) is 20.3 Å². The van der Waals surface area contributed by atoms with Crippen LogP contribution in [0, 0.1) is 13.8 Å². The molecule has 0 fully saturated rings. The van der Waals surface area contributed by atoms with Crippen molar-refractivity contribution in [1.82, 2.24) is 0 Å². The zero-order chi connectivity index (χ0) is 14.8. The molecule has 0 saturated heterocycles. The number of fused-ring (bicyclic) bond motifs is 1. The lowest BCUT2D eigenvalue weighted by atomic mass is 9.85. The average Bonchev–Trinajstić information content (AvgIpc) is 2.54. The number of hydrogen-bond donors (Lipinski definition) is 1. The van der Waals surface area contributed by atoms with Gasteiger partial charge in [0.15, 0.2) is 0 Å². The van der Waals surface area contributed by atoms with Crippen LogP contribution in [0.2, 0.25) is 0 Å². The second kappa shape index (κ2) is 5.71. The number of rotatable bonds is 3. The summed E-state index contributed by atoms with van der Waals surface area (Å²) in [5.74, 6) is 0. The molecule has 0 amide bonds. The van der Waals surface area contributed by atoms with Gasteiger partial charge in [-0.2, -0.15) is 0 Å². The molecule has 1 nitrogen and oxygen atoms in total. The molecule has 0 aromatic heterocycles. The Balaban J connectivity index is 2.44. The molecule has 0 aliphatic carbocycles. The summed E-state index contributed by atoms with van der Waals surface area (Å²) in [6.07, 6.45) is 0.918. The van der Waals surface area contributed by atoms with Gasteiger partial charge < -0.3 is 5.73 Å². The first-order valence-corrected chi connectivity index (χ1v) is 7.50. The van der Waals surface area contributed by atoms with Crippen molar-refractivity contribution in [1.29, 1.82) is 0 Å². The first-order valence-electron chi connectivity index (χ1n) is 7.50. The topological polar surface area (TPSA) is 26.0 Å². The maximum absolute atomic E-state index is 5.87. The van der Waals surface area contributed by atoms with Crippen molar-refractivity contribution in [3.63, 3.8) is 0 Å². The molecule has 106 valence electrons. The normalized spacial score (nSPS) is 11.0. The van der Waals surface area contributed by atoms with Crippen molar-refractivity contribution in [2.75, 3.05) is 6.54 Å². The minimum absolute atomic E-state index is 0.679. The Morgan fingerprint density at radius 1 is 0.762 bits per heavy atom. The third kappa shape index (κ3) is 2.34. The van der Waals surface area contributed by atoms with Crippen LogP contribution in [-0.4, -0.2) is 6.54 Å². The van der Waals surface area contributed by atoms with Gasteiger partial charge in [-0.25, -0.2) is 0 Å². The van der Waals surface area contributed by atoms with E-state index < -0.39 is 0 Å². The fourth-order valence-electron chi connectivity index (χ4n) is 3.20. The average molecular weight is 275 g/mol. The molecular weight excluding hydrogens is 254 g/mol. The van der Waals surface area contributed by atoms with Crippen molar-refractivity contribution in [3.05, 3.63) is 71.3 Å². The molecule has 0 unspecified atom stereocenters. The Labute approximate surface area is 126 Å². The molecule has 0 saturated carbocycles. The van der Waals surface area contributed by atoms with Crippen molar-refractivity contribution in [2.24, 2.45) is 5.73 Å². The van der Waals surface area contributed by atoms with Crippen LogP contribution in [0.3, 0.4) is 0 Å². The van der Waals surface area contributed by atoms with E-state index in [1.807, 2.05) is 0 Å². The van der Waals surface area contributed by atoms with Gasteiger partial charge in [-0.3, -0.25) is 0 Å². The highest BCUT2D eigenvalue weighted by Gasteiger charge is 2.15. The summed E-state index contributed by atoms with van der Waals surface area (Å²) in [4.78, 5) is 0. The highest BCUT2D eigenvalue weighted by atomic mass is 14.5. The molecule has 0 aliphatic rings. The predicted octanol–water partition coefficient (Wildman–Crippen LogP) is 4.62. The third-order valence-corrected chi connectivity index (χ3v) is 4.37. The van der Waals surface area contributed by atoms with Gasteiger partial charge in [-0.15, -0.1) is 0 Å². The Kier molecular flexibility index (Phi) is 3.76. The summed E-state index contributed by atoms with van der Waals surface area (Å²) in [5, 5.41) is 2.67. The number of aryl methyl sites for hydroxylation is 1. The van der Waals surface area contributed by atoms with E-state index in [1.54, 1.807) is 0 Å². The molecule has 0 atom stereocenters. The van der Waals surface area contributed by atoms with Crippen LogP contribution in [0.1, 0.15) is 16.7 Å². The maximum atomic E-state index is 5.87. The summed E-state index contributed by atoms with van der Waals surface area (Å²) in [6.45, 7) is 5.12. The minimum atomic E-state index is 0.679. The fraction of sp³-hybridized carbons (Fsp3) is 0.200. The molecule has 0 heterocycles. The standard InChI is InChI=1S/C20H21N/c1-14-15(2)18(12-13-21)20(16-8-4-3-5-9-16)19-11-7-6-10-17(14)19/h3-11H,12-13,21H2,1-2H3. The van der Waals surface area contributed by atoms with Gasteiger partial charge in [0.25, 0.3) is 0 Å². The second-order valence-corrected chi connectivity index (χ2v) is 5.55. The fourth-order valence-corrected chi connectivity index (χ4v) is 3.20. The van der Waals surface area contributed by atoms with Gasteiger partial charge in [0.2, 0.25) is 0 Å². The van der Waals surface area contributed by atoms with Crippen molar-refractivity contribution in [3.8, 4) is 11.1 Å². The SMILES string of the molecule is Cc1c(CCN)c(-c2ccccc2)c2ccccc2c1C. The van der Waals surface area contributed by atoms with Gasteiger partial charge in [0.05, 0.1) is 0 Å². The number of benzene rings is 3. The molecule has 1 heteroatoms. The molecule has 2 N–H and O–H groups in total. The maximum Gasteiger partial charge on any atom is -0.00364 e. The summed E-state index contributed by atoms with van der Waals surface area (Å²) < 4.78 is 0. The van der Waals surface area contributed by atoms with Crippen LogP contribution in [0.4, 0.5) is 0 Å². The van der Waals surface area contributed by atoms with E-state index >= 15 is 0 Å². The third-order valence-electron chi connectivity index (χ3n) is 4.37. The molecule has 0 spiro atoms. The molecule has 21 heavy (non-hydrogen) atoms. The molecule has 0 bridgehead atoms. The summed E-state index contributed by atoms with van der Waals surface area (Å²) in [5.41, 5.74) is 12.6. The van der Waals surface area contributed by atoms with E-state index in [9.17, 15) is 0 Å². The molecule has 3 aromatic rings. The largest absolute Gasteiger partial charge is 0.330 e. The van der Waals surface area contributed by atoms with Crippen molar-refractivity contribution < 1.29 is 0 Å². The smallest absolute Gasteiger partial charge is 0.00364 e. The quantitative estimate of drug-likeness (QED) is 0.741. The van der Waals surface area contributed by atoms with Crippen LogP contribution in [0.25, 0.3) is 21.9 Å². The highest BCUT2D eigenvalue weighted by Crippen LogP contribution is 2.37. The highest BCUT2D eigenvalue weighted by molar-refractivity contribution is 6.01. The zero-order valence-corrected chi connectivity index (χ0v) is 12.7. The number of hydrogen-bond acceptors (Lipinski definition) is 1. The van der Waals surface area contributed by atoms with Crippen molar-refractivity contribution >= 4 is 10.8 Å². The lowest BCUT2D eigenvalue weighted by Crippen LogP contribution is -2.07. The van der Waals surface area contributed by atoms with Gasteiger partial charge in [-0.05, 0) is 65.4 Å². The molecule has 3 aromatic carbocycles. The van der Waals surface area contributed by atoms with Crippen LogP contribution in [-0.2, 0) is 6.42 Å². The second-order valence-electron chi connectivity index (χ2n) is 5.55. The van der Waals surface area contributed by atoms with E-state index in [4.69, 9.17) is 5.73 Å². The van der Waals surface area contributed by atoms with E-state index in [-0.39, 0.29) is 0 Å². The summed E-state index contributed by atoms with van der Waals surface area (Å²) in [6, 6.07) is 19.3. The monoisotopic (exact) mass is 275 g/mol. The lowest BCUT2D eigenvalue weighted by molar-refractivity contribution is 0.959. The summed E-state index contributed by atoms with van der Waals surface area (Å²) in [7, 11) is 0. The van der Waals surface area contributed by atoms with E-state index in [0.717, 1.165) is 6.42 Å². The number of nitrogens with two attached hydrogens (primary N) is 1. The van der Waals surface area contributed by atoms with E-state index in [2.05, 4.69) is 68.4 Å². The summed E-state index contributed by atoms with van der Waals surface area (Å²) >= 11 is 0. The van der Waals surface area contributed by atoms with E-state index in [0.29, 0.717) is 6.54 Å². The molecule has 0 aliphatic heterocycles. The van der Waals surface area contributed by atoms with Crippen LogP contribution < -0.4 is 5.73 Å². The minimum Gasteiger partial charge on any atom is -0.330 e. The first kappa shape index (κ1) is 13.8. The Hall–Kier alpha value is -2.12. The Morgan fingerprint density at radius 2 is 1.38 bits per heavy atom. The van der Waals surface area contributed by atoms with Gasteiger partial charge >= 0.3 is 0 Å². The Morgan fingerprint density at radius 3 is 2.05 bits per heavy atom. The first-order chi connectivity index (χ1) is 10.2. The lowest BCUT2D eigenvalue weighted by Gasteiger charge is -2.19. The molecule has 0 radical (unpaired) electrons. The van der Waals surface area contributed by atoms with Gasteiger partial charge in [0, 0.05) is 0 Å². The zero-order valence-electron chi connectivity index (χ0n) is 12.7. The van der Waals surface area contributed by atoms with E-state index in [1.165, 1.54) is 38.6 Å².